The Kier molecular flexibility index (Phi) is 5.17. The minimum absolute atomic E-state index is 0.248. The lowest BCUT2D eigenvalue weighted by Crippen LogP contribution is -2.27. The highest BCUT2D eigenvalue weighted by Crippen LogP contribution is 2.31. The standard InChI is InChI=1S/C13H24N4O2S/c1-11(2)14-7-8-17-10-13(9-15-17)20(18,19)16-6-5-12-3-4-12/h9-12,14,16H,3-8H2,1-2H3. The number of rotatable bonds is 9. The maximum absolute atomic E-state index is 12.0. The predicted octanol–water partition coefficient (Wildman–Crippen LogP) is 0.960. The normalized spacial score (nSPS) is 15.9. The monoisotopic (exact) mass is 300 g/mol. The molecule has 0 aliphatic heterocycles. The van der Waals surface area contributed by atoms with Crippen LogP contribution in [0.4, 0.5) is 0 Å². The van der Waals surface area contributed by atoms with Crippen molar-refractivity contribution >= 4 is 10.0 Å². The Hall–Kier alpha value is -0.920. The van der Waals surface area contributed by atoms with E-state index in [1.807, 2.05) is 0 Å². The first-order chi connectivity index (χ1) is 9.47. The van der Waals surface area contributed by atoms with Crippen molar-refractivity contribution in [3.63, 3.8) is 0 Å². The summed E-state index contributed by atoms with van der Waals surface area (Å²) < 4.78 is 28.4. The molecule has 1 fully saturated rings. The van der Waals surface area contributed by atoms with Crippen molar-refractivity contribution in [2.45, 2.75) is 50.6 Å². The third-order valence-corrected chi connectivity index (χ3v) is 4.77. The van der Waals surface area contributed by atoms with Crippen molar-refractivity contribution in [1.29, 1.82) is 0 Å². The van der Waals surface area contributed by atoms with Crippen molar-refractivity contribution in [2.24, 2.45) is 5.92 Å². The van der Waals surface area contributed by atoms with E-state index in [0.29, 0.717) is 19.1 Å². The lowest BCUT2D eigenvalue weighted by molar-refractivity contribution is 0.514. The van der Waals surface area contributed by atoms with Crippen LogP contribution in [0.15, 0.2) is 17.3 Å². The third-order valence-electron chi connectivity index (χ3n) is 3.35. The second-order valence-corrected chi connectivity index (χ2v) is 7.44. The van der Waals surface area contributed by atoms with Gasteiger partial charge in [0.05, 0.1) is 12.7 Å². The van der Waals surface area contributed by atoms with E-state index in [0.717, 1.165) is 18.9 Å². The van der Waals surface area contributed by atoms with Gasteiger partial charge in [0.2, 0.25) is 10.0 Å². The minimum atomic E-state index is -3.40. The van der Waals surface area contributed by atoms with Crippen molar-refractivity contribution in [1.82, 2.24) is 19.8 Å². The lowest BCUT2D eigenvalue weighted by Gasteiger charge is -2.07. The number of hydrogen-bond donors (Lipinski definition) is 2. The number of nitrogens with one attached hydrogen (secondary N) is 2. The van der Waals surface area contributed by atoms with Gasteiger partial charge in [-0.25, -0.2) is 13.1 Å². The van der Waals surface area contributed by atoms with Crippen LogP contribution in [0.3, 0.4) is 0 Å². The Morgan fingerprint density at radius 3 is 2.80 bits per heavy atom. The molecule has 6 nitrogen and oxygen atoms in total. The van der Waals surface area contributed by atoms with Gasteiger partial charge in [-0.3, -0.25) is 4.68 Å². The van der Waals surface area contributed by atoms with Gasteiger partial charge in [0.25, 0.3) is 0 Å². The topological polar surface area (TPSA) is 76.0 Å². The Labute approximate surface area is 121 Å². The average Bonchev–Trinajstić information content (AvgIpc) is 3.04. The molecule has 0 aromatic carbocycles. The quantitative estimate of drug-likeness (QED) is 0.712. The highest BCUT2D eigenvalue weighted by molar-refractivity contribution is 7.89. The molecule has 7 heteroatoms. The Bertz CT molecular complexity index is 520. The first-order valence-corrected chi connectivity index (χ1v) is 8.71. The smallest absolute Gasteiger partial charge is 0.243 e. The molecular weight excluding hydrogens is 276 g/mol. The Morgan fingerprint density at radius 2 is 2.15 bits per heavy atom. The van der Waals surface area contributed by atoms with E-state index in [1.54, 1.807) is 10.9 Å². The molecule has 1 saturated carbocycles. The SMILES string of the molecule is CC(C)NCCn1cc(S(=O)(=O)NCCC2CC2)cn1. The summed E-state index contributed by atoms with van der Waals surface area (Å²) in [6, 6.07) is 0.415. The summed E-state index contributed by atoms with van der Waals surface area (Å²) >= 11 is 0. The van der Waals surface area contributed by atoms with Crippen LogP contribution in [0.1, 0.15) is 33.1 Å². The molecule has 1 aromatic rings. The summed E-state index contributed by atoms with van der Waals surface area (Å²) in [7, 11) is -3.40. The summed E-state index contributed by atoms with van der Waals surface area (Å²) in [5, 5.41) is 7.36. The fourth-order valence-electron chi connectivity index (χ4n) is 1.96. The highest BCUT2D eigenvalue weighted by Gasteiger charge is 2.22. The molecule has 0 atom stereocenters. The average molecular weight is 300 g/mol. The minimum Gasteiger partial charge on any atom is -0.313 e. The van der Waals surface area contributed by atoms with Crippen LogP contribution in [0, 0.1) is 5.92 Å². The molecule has 1 aliphatic carbocycles. The van der Waals surface area contributed by atoms with Gasteiger partial charge >= 0.3 is 0 Å². The van der Waals surface area contributed by atoms with Crippen molar-refractivity contribution in [2.75, 3.05) is 13.1 Å². The fourth-order valence-corrected chi connectivity index (χ4v) is 2.96. The summed E-state index contributed by atoms with van der Waals surface area (Å²) in [5.41, 5.74) is 0. The molecule has 1 aliphatic rings. The van der Waals surface area contributed by atoms with E-state index >= 15 is 0 Å². The molecule has 1 heterocycles. The number of sulfonamides is 1. The lowest BCUT2D eigenvalue weighted by atomic mass is 10.3. The van der Waals surface area contributed by atoms with Crippen LogP contribution >= 0.6 is 0 Å². The largest absolute Gasteiger partial charge is 0.313 e. The summed E-state index contributed by atoms with van der Waals surface area (Å²) in [6.45, 7) is 6.10. The second-order valence-electron chi connectivity index (χ2n) is 5.68. The van der Waals surface area contributed by atoms with E-state index in [4.69, 9.17) is 0 Å². The van der Waals surface area contributed by atoms with Gasteiger partial charge < -0.3 is 5.32 Å². The summed E-state index contributed by atoms with van der Waals surface area (Å²) in [5.74, 6) is 0.725. The summed E-state index contributed by atoms with van der Waals surface area (Å²) in [4.78, 5) is 0.248. The molecule has 0 saturated heterocycles. The van der Waals surface area contributed by atoms with E-state index in [9.17, 15) is 8.42 Å². The van der Waals surface area contributed by atoms with E-state index < -0.39 is 10.0 Å². The molecule has 0 radical (unpaired) electrons. The number of nitrogens with zero attached hydrogens (tertiary/aromatic N) is 2. The number of hydrogen-bond acceptors (Lipinski definition) is 4. The van der Waals surface area contributed by atoms with Gasteiger partial charge in [-0.1, -0.05) is 26.7 Å². The van der Waals surface area contributed by atoms with Crippen LogP contribution < -0.4 is 10.0 Å². The molecule has 2 rings (SSSR count). The molecule has 20 heavy (non-hydrogen) atoms. The zero-order valence-electron chi connectivity index (χ0n) is 12.2. The molecule has 0 bridgehead atoms. The van der Waals surface area contributed by atoms with E-state index in [-0.39, 0.29) is 4.90 Å². The predicted molar refractivity (Wildman–Crippen MR) is 77.9 cm³/mol. The molecule has 0 spiro atoms. The zero-order valence-corrected chi connectivity index (χ0v) is 13.0. The first-order valence-electron chi connectivity index (χ1n) is 7.23. The fraction of sp³-hybridized carbons (Fsp3) is 0.769. The van der Waals surface area contributed by atoms with Gasteiger partial charge in [0, 0.05) is 25.3 Å². The zero-order chi connectivity index (χ0) is 14.6. The molecule has 0 amide bonds. The molecule has 2 N–H and O–H groups in total. The van der Waals surface area contributed by atoms with Gasteiger partial charge in [-0.2, -0.15) is 5.10 Å². The second kappa shape index (κ2) is 6.69. The molecule has 114 valence electrons. The van der Waals surface area contributed by atoms with Gasteiger partial charge in [0.15, 0.2) is 0 Å². The highest BCUT2D eigenvalue weighted by atomic mass is 32.2. The Balaban J connectivity index is 1.82. The van der Waals surface area contributed by atoms with Crippen LogP contribution in [0.2, 0.25) is 0 Å². The molecular formula is C13H24N4O2S. The van der Waals surface area contributed by atoms with Gasteiger partial charge in [-0.15, -0.1) is 0 Å². The van der Waals surface area contributed by atoms with Crippen LogP contribution in [-0.4, -0.2) is 37.3 Å². The van der Waals surface area contributed by atoms with Crippen LogP contribution in [0.5, 0.6) is 0 Å². The van der Waals surface area contributed by atoms with E-state index in [2.05, 4.69) is 29.0 Å². The Morgan fingerprint density at radius 1 is 1.40 bits per heavy atom. The van der Waals surface area contributed by atoms with Gasteiger partial charge in [0.1, 0.15) is 4.90 Å². The maximum Gasteiger partial charge on any atom is 0.243 e. The van der Waals surface area contributed by atoms with Crippen molar-refractivity contribution in [3.05, 3.63) is 12.4 Å². The van der Waals surface area contributed by atoms with E-state index in [1.165, 1.54) is 19.0 Å². The third kappa shape index (κ3) is 4.88. The van der Waals surface area contributed by atoms with Crippen molar-refractivity contribution in [3.8, 4) is 0 Å². The van der Waals surface area contributed by atoms with Crippen molar-refractivity contribution < 1.29 is 8.42 Å². The summed E-state index contributed by atoms with van der Waals surface area (Å²) in [6.07, 6.45) is 6.41. The number of aromatic nitrogens is 2. The van der Waals surface area contributed by atoms with Crippen LogP contribution in [-0.2, 0) is 16.6 Å². The maximum atomic E-state index is 12.0. The first kappa shape index (κ1) is 15.5. The molecule has 1 aromatic heterocycles. The van der Waals surface area contributed by atoms with Crippen LogP contribution in [0.25, 0.3) is 0 Å². The molecule has 0 unspecified atom stereocenters. The van der Waals surface area contributed by atoms with Gasteiger partial charge in [-0.05, 0) is 12.3 Å².